The zero-order valence-electron chi connectivity index (χ0n) is 13.1. The van der Waals surface area contributed by atoms with Gasteiger partial charge in [-0.2, -0.15) is 4.31 Å². The molecule has 1 aliphatic carbocycles. The van der Waals surface area contributed by atoms with E-state index in [4.69, 9.17) is 0 Å². The molecule has 1 amide bonds. The third-order valence-corrected chi connectivity index (χ3v) is 6.56. The van der Waals surface area contributed by atoms with Crippen LogP contribution in [0.25, 0.3) is 0 Å². The Morgan fingerprint density at radius 2 is 1.78 bits per heavy atom. The fraction of sp³-hybridized carbons (Fsp3) is 0.562. The van der Waals surface area contributed by atoms with E-state index in [1.54, 1.807) is 4.90 Å². The highest BCUT2D eigenvalue weighted by Gasteiger charge is 2.42. The summed E-state index contributed by atoms with van der Waals surface area (Å²) in [5.41, 5.74) is 0. The molecular weight excluding hydrogens is 319 g/mol. The lowest BCUT2D eigenvalue weighted by Crippen LogP contribution is -2.38. The van der Waals surface area contributed by atoms with E-state index in [1.807, 2.05) is 0 Å². The monoisotopic (exact) mass is 340 g/mol. The topological polar surface area (TPSA) is 57.7 Å². The third-order valence-electron chi connectivity index (χ3n) is 4.64. The molecule has 2 unspecified atom stereocenters. The standard InChI is InChI=1S/C16H21FN2O3S/c1-12-11-15(12)16(20)18-7-2-8-19(10-9-18)23(21,22)14-5-3-13(17)4-6-14/h3-6,12,15H,2,7-11H2,1H3. The lowest BCUT2D eigenvalue weighted by Gasteiger charge is -2.22. The van der Waals surface area contributed by atoms with Gasteiger partial charge >= 0.3 is 0 Å². The van der Waals surface area contributed by atoms with Crippen molar-refractivity contribution in [1.82, 2.24) is 9.21 Å². The second-order valence-corrected chi connectivity index (χ2v) is 8.29. The van der Waals surface area contributed by atoms with E-state index in [2.05, 4.69) is 6.92 Å². The fourth-order valence-corrected chi connectivity index (χ4v) is 4.48. The first-order valence-electron chi connectivity index (χ1n) is 7.94. The second-order valence-electron chi connectivity index (χ2n) is 6.36. The Morgan fingerprint density at radius 1 is 1.13 bits per heavy atom. The van der Waals surface area contributed by atoms with Crippen molar-refractivity contribution in [3.8, 4) is 0 Å². The Labute approximate surface area is 136 Å². The molecule has 23 heavy (non-hydrogen) atoms. The smallest absolute Gasteiger partial charge is 0.243 e. The molecule has 7 heteroatoms. The number of amides is 1. The fourth-order valence-electron chi connectivity index (χ4n) is 3.01. The number of nitrogens with zero attached hydrogens (tertiary/aromatic N) is 2. The summed E-state index contributed by atoms with van der Waals surface area (Å²) in [6.07, 6.45) is 1.56. The molecule has 1 aromatic carbocycles. The Hall–Kier alpha value is -1.47. The molecular formula is C16H21FN2O3S. The van der Waals surface area contributed by atoms with Gasteiger partial charge in [-0.1, -0.05) is 6.92 Å². The molecule has 3 rings (SSSR count). The number of hydrogen-bond acceptors (Lipinski definition) is 3. The van der Waals surface area contributed by atoms with Crippen LogP contribution in [0.15, 0.2) is 29.2 Å². The normalized spacial score (nSPS) is 25.9. The van der Waals surface area contributed by atoms with E-state index in [0.29, 0.717) is 32.0 Å². The van der Waals surface area contributed by atoms with Gasteiger partial charge in [0.05, 0.1) is 4.90 Å². The number of carbonyl (C=O) groups is 1. The molecule has 0 radical (unpaired) electrons. The van der Waals surface area contributed by atoms with Gasteiger partial charge in [0.25, 0.3) is 0 Å². The first-order chi connectivity index (χ1) is 10.9. The zero-order valence-corrected chi connectivity index (χ0v) is 13.9. The molecule has 1 aliphatic heterocycles. The molecule has 1 saturated heterocycles. The maximum Gasteiger partial charge on any atom is 0.243 e. The highest BCUT2D eigenvalue weighted by molar-refractivity contribution is 7.89. The van der Waals surface area contributed by atoms with Crippen LogP contribution < -0.4 is 0 Å². The van der Waals surface area contributed by atoms with Crippen LogP contribution in [0.2, 0.25) is 0 Å². The molecule has 1 aromatic rings. The van der Waals surface area contributed by atoms with E-state index in [-0.39, 0.29) is 23.3 Å². The van der Waals surface area contributed by atoms with Gasteiger partial charge in [0.15, 0.2) is 0 Å². The molecule has 0 bridgehead atoms. The van der Waals surface area contributed by atoms with E-state index < -0.39 is 15.8 Å². The van der Waals surface area contributed by atoms with Gasteiger partial charge in [0, 0.05) is 32.1 Å². The van der Waals surface area contributed by atoms with Crippen molar-refractivity contribution < 1.29 is 17.6 Å². The van der Waals surface area contributed by atoms with Crippen LogP contribution >= 0.6 is 0 Å². The van der Waals surface area contributed by atoms with Crippen LogP contribution in [-0.2, 0) is 14.8 Å². The number of carbonyl (C=O) groups excluding carboxylic acids is 1. The highest BCUT2D eigenvalue weighted by Crippen LogP contribution is 2.39. The van der Waals surface area contributed by atoms with E-state index >= 15 is 0 Å². The van der Waals surface area contributed by atoms with Crippen molar-refractivity contribution >= 4 is 15.9 Å². The van der Waals surface area contributed by atoms with Gasteiger partial charge < -0.3 is 4.90 Å². The third kappa shape index (κ3) is 3.40. The summed E-state index contributed by atoms with van der Waals surface area (Å²) in [4.78, 5) is 14.2. The lowest BCUT2D eigenvalue weighted by molar-refractivity contribution is -0.132. The van der Waals surface area contributed by atoms with Gasteiger partial charge in [-0.3, -0.25) is 4.79 Å². The quantitative estimate of drug-likeness (QED) is 0.842. The number of rotatable bonds is 3. The molecule has 2 aliphatic rings. The van der Waals surface area contributed by atoms with Crippen molar-refractivity contribution in [2.45, 2.75) is 24.7 Å². The van der Waals surface area contributed by atoms with Crippen molar-refractivity contribution in [1.29, 1.82) is 0 Å². The maximum atomic E-state index is 13.0. The van der Waals surface area contributed by atoms with Crippen molar-refractivity contribution in [3.05, 3.63) is 30.1 Å². The lowest BCUT2D eigenvalue weighted by atomic mass is 10.3. The predicted molar refractivity (Wildman–Crippen MR) is 83.6 cm³/mol. The summed E-state index contributed by atoms with van der Waals surface area (Å²) in [6.45, 7) is 3.74. The van der Waals surface area contributed by atoms with Crippen LogP contribution in [0.4, 0.5) is 4.39 Å². The Kier molecular flexibility index (Phi) is 4.42. The minimum atomic E-state index is -3.64. The molecule has 0 aromatic heterocycles. The Morgan fingerprint density at radius 3 is 2.39 bits per heavy atom. The second kappa shape index (κ2) is 6.20. The molecule has 1 saturated carbocycles. The van der Waals surface area contributed by atoms with Crippen LogP contribution in [0.5, 0.6) is 0 Å². The molecule has 1 heterocycles. The number of benzene rings is 1. The SMILES string of the molecule is CC1CC1C(=O)N1CCCN(S(=O)(=O)c2ccc(F)cc2)CC1. The van der Waals surface area contributed by atoms with Crippen LogP contribution in [0.1, 0.15) is 19.8 Å². The summed E-state index contributed by atoms with van der Waals surface area (Å²) >= 11 is 0. The van der Waals surface area contributed by atoms with Gasteiger partial charge in [0.2, 0.25) is 15.9 Å². The van der Waals surface area contributed by atoms with Gasteiger partial charge in [0.1, 0.15) is 5.82 Å². The maximum absolute atomic E-state index is 13.0. The number of halogens is 1. The predicted octanol–water partition coefficient (Wildman–Crippen LogP) is 1.70. The van der Waals surface area contributed by atoms with Gasteiger partial charge in [-0.25, -0.2) is 12.8 Å². The largest absolute Gasteiger partial charge is 0.341 e. The minimum absolute atomic E-state index is 0.0921. The number of hydrogen-bond donors (Lipinski definition) is 0. The number of sulfonamides is 1. The first kappa shape index (κ1) is 16.4. The summed E-state index contributed by atoms with van der Waals surface area (Å²) in [6, 6.07) is 4.86. The van der Waals surface area contributed by atoms with Crippen molar-refractivity contribution in [2.24, 2.45) is 11.8 Å². The van der Waals surface area contributed by atoms with Crippen molar-refractivity contribution in [2.75, 3.05) is 26.2 Å². The molecule has 5 nitrogen and oxygen atoms in total. The van der Waals surface area contributed by atoms with E-state index in [1.165, 1.54) is 16.4 Å². The van der Waals surface area contributed by atoms with Gasteiger partial charge in [-0.05, 0) is 43.0 Å². The van der Waals surface area contributed by atoms with E-state index in [9.17, 15) is 17.6 Å². The molecule has 2 fully saturated rings. The average molecular weight is 340 g/mol. The molecule has 2 atom stereocenters. The van der Waals surface area contributed by atoms with Gasteiger partial charge in [-0.15, -0.1) is 0 Å². The Bertz CT molecular complexity index is 690. The summed E-state index contributed by atoms with van der Waals surface area (Å²) in [7, 11) is -3.64. The van der Waals surface area contributed by atoms with Crippen LogP contribution in [-0.4, -0.2) is 49.7 Å². The Balaban J connectivity index is 1.69. The van der Waals surface area contributed by atoms with Crippen LogP contribution in [0.3, 0.4) is 0 Å². The van der Waals surface area contributed by atoms with Crippen molar-refractivity contribution in [3.63, 3.8) is 0 Å². The molecule has 126 valence electrons. The van der Waals surface area contributed by atoms with E-state index in [0.717, 1.165) is 18.6 Å². The molecule has 0 spiro atoms. The summed E-state index contributed by atoms with van der Waals surface area (Å²) in [5.74, 6) is 0.258. The summed E-state index contributed by atoms with van der Waals surface area (Å²) in [5, 5.41) is 0. The van der Waals surface area contributed by atoms with Crippen LogP contribution in [0, 0.1) is 17.7 Å². The average Bonchev–Trinajstić information content (AvgIpc) is 3.28. The minimum Gasteiger partial charge on any atom is -0.341 e. The first-order valence-corrected chi connectivity index (χ1v) is 9.38. The zero-order chi connectivity index (χ0) is 16.6. The highest BCUT2D eigenvalue weighted by atomic mass is 32.2. The summed E-state index contributed by atoms with van der Waals surface area (Å²) < 4.78 is 39.6. The molecule has 0 N–H and O–H groups in total.